The second-order valence-corrected chi connectivity index (χ2v) is 4.94. The molecule has 0 saturated heterocycles. The van der Waals surface area contributed by atoms with Crippen LogP contribution in [0.4, 0.5) is 4.39 Å². The molecule has 4 heteroatoms. The first-order chi connectivity index (χ1) is 7.42. The fraction of sp³-hybridized carbons (Fsp3) is 0.583. The molecule has 0 bridgehead atoms. The highest BCUT2D eigenvalue weighted by Crippen LogP contribution is 2.21. The van der Waals surface area contributed by atoms with Crippen LogP contribution in [-0.4, -0.2) is 16.7 Å². The van der Waals surface area contributed by atoms with Gasteiger partial charge < -0.3 is 9.84 Å². The lowest BCUT2D eigenvalue weighted by atomic mass is 9.93. The molecule has 1 aromatic rings. The first-order valence-corrected chi connectivity index (χ1v) is 5.30. The Bertz CT molecular complexity index is 347. The number of aliphatic hydroxyl groups excluding tert-OH is 1. The molecule has 0 saturated carbocycles. The first kappa shape index (κ1) is 12.9. The van der Waals surface area contributed by atoms with Crippen molar-refractivity contribution in [2.75, 3.05) is 6.61 Å². The van der Waals surface area contributed by atoms with Crippen molar-refractivity contribution in [1.29, 1.82) is 0 Å². The lowest BCUT2D eigenvalue weighted by molar-refractivity contribution is 0.223. The molecule has 3 nitrogen and oxygen atoms in total. The molecule has 0 aliphatic rings. The molecule has 0 unspecified atom stereocenters. The summed E-state index contributed by atoms with van der Waals surface area (Å²) in [6.45, 7) is 6.58. The minimum atomic E-state index is -0.466. The maximum atomic E-state index is 12.8. The number of ether oxygens (including phenoxy) is 1. The maximum Gasteiger partial charge on any atom is 0.219 e. The molecule has 1 heterocycles. The van der Waals surface area contributed by atoms with Crippen molar-refractivity contribution in [3.63, 3.8) is 0 Å². The Balaban J connectivity index is 2.60. The highest BCUT2D eigenvalue weighted by atomic mass is 19.1. The average Bonchev–Trinajstić information content (AvgIpc) is 2.18. The van der Waals surface area contributed by atoms with Gasteiger partial charge in [0.25, 0.3) is 0 Å². The fourth-order valence-electron chi connectivity index (χ4n) is 1.17. The molecule has 0 radical (unpaired) electrons. The summed E-state index contributed by atoms with van der Waals surface area (Å²) < 4.78 is 18.2. The lowest BCUT2D eigenvalue weighted by Crippen LogP contribution is -2.12. The largest absolute Gasteiger partial charge is 0.477 e. The van der Waals surface area contributed by atoms with E-state index in [-0.39, 0.29) is 12.0 Å². The van der Waals surface area contributed by atoms with Gasteiger partial charge in [0.1, 0.15) is 5.82 Å². The molecule has 1 aromatic heterocycles. The molecular weight excluding hydrogens is 209 g/mol. The van der Waals surface area contributed by atoms with Crippen LogP contribution in [0.25, 0.3) is 0 Å². The van der Waals surface area contributed by atoms with Gasteiger partial charge in [-0.2, -0.15) is 0 Å². The molecule has 0 aliphatic heterocycles. The quantitative estimate of drug-likeness (QED) is 0.859. The van der Waals surface area contributed by atoms with Crippen molar-refractivity contribution >= 4 is 0 Å². The summed E-state index contributed by atoms with van der Waals surface area (Å²) in [6, 6.07) is 1.24. The number of hydrogen-bond acceptors (Lipinski definition) is 3. The highest BCUT2D eigenvalue weighted by molar-refractivity contribution is 5.25. The predicted molar refractivity (Wildman–Crippen MR) is 59.7 cm³/mol. The molecule has 1 N–H and O–H groups in total. The molecule has 0 amide bonds. The number of hydrogen-bond donors (Lipinski definition) is 1. The minimum absolute atomic E-state index is 0.180. The van der Waals surface area contributed by atoms with Crippen LogP contribution in [0.5, 0.6) is 5.88 Å². The summed E-state index contributed by atoms with van der Waals surface area (Å²) in [6.07, 6.45) is 1.96. The number of halogens is 1. The predicted octanol–water partition coefficient (Wildman–Crippen LogP) is 2.53. The molecule has 90 valence electrons. The molecule has 0 aliphatic carbocycles. The van der Waals surface area contributed by atoms with E-state index in [1.807, 2.05) is 0 Å². The van der Waals surface area contributed by atoms with Crippen LogP contribution >= 0.6 is 0 Å². The van der Waals surface area contributed by atoms with Gasteiger partial charge in [-0.1, -0.05) is 20.8 Å². The van der Waals surface area contributed by atoms with Crippen LogP contribution in [0.3, 0.4) is 0 Å². The monoisotopic (exact) mass is 227 g/mol. The van der Waals surface area contributed by atoms with Crippen LogP contribution in [0.1, 0.15) is 32.8 Å². The molecule has 0 fully saturated rings. The third-order valence-corrected chi connectivity index (χ3v) is 2.15. The van der Waals surface area contributed by atoms with E-state index in [0.29, 0.717) is 18.1 Å². The Morgan fingerprint density at radius 1 is 1.44 bits per heavy atom. The van der Waals surface area contributed by atoms with E-state index >= 15 is 0 Å². The van der Waals surface area contributed by atoms with Gasteiger partial charge in [-0.25, -0.2) is 9.37 Å². The minimum Gasteiger partial charge on any atom is -0.477 e. The van der Waals surface area contributed by atoms with E-state index in [2.05, 4.69) is 25.8 Å². The molecule has 1 rings (SSSR count). The smallest absolute Gasteiger partial charge is 0.219 e. The van der Waals surface area contributed by atoms with E-state index in [9.17, 15) is 4.39 Å². The SMILES string of the molecule is CC(C)(C)CCOc1ncc(F)cc1CO. The second kappa shape index (κ2) is 5.25. The normalized spacial score (nSPS) is 11.6. The van der Waals surface area contributed by atoms with Gasteiger partial charge in [0, 0.05) is 5.56 Å². The van der Waals surface area contributed by atoms with Gasteiger partial charge in [0.05, 0.1) is 19.4 Å². The Morgan fingerprint density at radius 3 is 2.69 bits per heavy atom. The summed E-state index contributed by atoms with van der Waals surface area (Å²) in [7, 11) is 0. The van der Waals surface area contributed by atoms with Crippen LogP contribution in [0, 0.1) is 11.2 Å². The Hall–Kier alpha value is -1.16. The summed E-state index contributed by atoms with van der Waals surface area (Å²) >= 11 is 0. The van der Waals surface area contributed by atoms with E-state index in [1.54, 1.807) is 0 Å². The number of nitrogens with zero attached hydrogens (tertiary/aromatic N) is 1. The van der Waals surface area contributed by atoms with Crippen LogP contribution in [0.15, 0.2) is 12.3 Å². The summed E-state index contributed by atoms with van der Waals surface area (Å²) in [5.74, 6) is -0.152. The molecular formula is C12H18FNO2. The van der Waals surface area contributed by atoms with E-state index in [1.165, 1.54) is 6.07 Å². The van der Waals surface area contributed by atoms with Gasteiger partial charge in [-0.05, 0) is 17.9 Å². The third-order valence-electron chi connectivity index (χ3n) is 2.15. The Labute approximate surface area is 95.3 Å². The van der Waals surface area contributed by atoms with Gasteiger partial charge >= 0.3 is 0 Å². The van der Waals surface area contributed by atoms with Crippen LogP contribution in [-0.2, 0) is 6.61 Å². The fourth-order valence-corrected chi connectivity index (χ4v) is 1.17. The van der Waals surface area contributed by atoms with Crippen molar-refractivity contribution in [2.24, 2.45) is 5.41 Å². The van der Waals surface area contributed by atoms with Crippen molar-refractivity contribution in [2.45, 2.75) is 33.8 Å². The third kappa shape index (κ3) is 4.14. The van der Waals surface area contributed by atoms with E-state index in [4.69, 9.17) is 9.84 Å². The van der Waals surface area contributed by atoms with Gasteiger partial charge in [-0.3, -0.25) is 0 Å². The summed E-state index contributed by atoms with van der Waals surface area (Å²) in [5, 5.41) is 9.02. The number of aromatic nitrogens is 1. The van der Waals surface area contributed by atoms with Crippen molar-refractivity contribution < 1.29 is 14.2 Å². The topological polar surface area (TPSA) is 42.4 Å². The van der Waals surface area contributed by atoms with Gasteiger partial charge in [0.2, 0.25) is 5.88 Å². The second-order valence-electron chi connectivity index (χ2n) is 4.94. The van der Waals surface area contributed by atoms with Gasteiger partial charge in [0.15, 0.2) is 0 Å². The van der Waals surface area contributed by atoms with Crippen LogP contribution < -0.4 is 4.74 Å². The number of pyridine rings is 1. The van der Waals surface area contributed by atoms with Crippen molar-refractivity contribution in [1.82, 2.24) is 4.98 Å². The average molecular weight is 227 g/mol. The van der Waals surface area contributed by atoms with E-state index in [0.717, 1.165) is 12.6 Å². The van der Waals surface area contributed by atoms with Gasteiger partial charge in [-0.15, -0.1) is 0 Å². The standard InChI is InChI=1S/C12H18FNO2/c1-12(2,3)4-5-16-11-9(8-15)6-10(13)7-14-11/h6-7,15H,4-5,8H2,1-3H3. The van der Waals surface area contributed by atoms with Crippen molar-refractivity contribution in [3.8, 4) is 5.88 Å². The molecule has 0 aromatic carbocycles. The number of aliphatic hydroxyl groups is 1. The Kier molecular flexibility index (Phi) is 4.24. The van der Waals surface area contributed by atoms with E-state index < -0.39 is 5.82 Å². The lowest BCUT2D eigenvalue weighted by Gasteiger charge is -2.18. The zero-order chi connectivity index (χ0) is 12.2. The zero-order valence-corrected chi connectivity index (χ0v) is 9.96. The molecule has 0 atom stereocenters. The molecule has 0 spiro atoms. The summed E-state index contributed by atoms with van der Waals surface area (Å²) in [4.78, 5) is 3.81. The highest BCUT2D eigenvalue weighted by Gasteiger charge is 2.11. The summed E-state index contributed by atoms with van der Waals surface area (Å²) in [5.41, 5.74) is 0.563. The first-order valence-electron chi connectivity index (χ1n) is 5.30. The van der Waals surface area contributed by atoms with Crippen LogP contribution in [0.2, 0.25) is 0 Å². The maximum absolute atomic E-state index is 12.8. The zero-order valence-electron chi connectivity index (χ0n) is 9.96. The molecule has 16 heavy (non-hydrogen) atoms. The number of rotatable bonds is 4. The Morgan fingerprint density at radius 2 is 2.12 bits per heavy atom. The van der Waals surface area contributed by atoms with Crippen molar-refractivity contribution in [3.05, 3.63) is 23.6 Å².